The van der Waals surface area contributed by atoms with Crippen molar-refractivity contribution in [2.45, 2.75) is 39.8 Å². The Bertz CT molecular complexity index is 1240. The first-order chi connectivity index (χ1) is 17.4. The maximum atomic E-state index is 13.6. The van der Waals surface area contributed by atoms with Crippen LogP contribution < -0.4 is 5.32 Å². The number of piperazine rings is 1. The van der Waals surface area contributed by atoms with E-state index in [1.54, 1.807) is 13.2 Å². The number of methoxy groups -OCH3 is 1. The van der Waals surface area contributed by atoms with Gasteiger partial charge in [-0.2, -0.15) is 0 Å². The average Bonchev–Trinajstić information content (AvgIpc) is 3.64. The molecule has 1 saturated heterocycles. The SMILES string of the molecule is COCCN1CCN(C(=O)c2cc(NCc3ccc(F)cc3C)c3c(c2)cc(C)n3CC2CC2)CC1. The number of nitrogens with one attached hydrogen (secondary N) is 1. The van der Waals surface area contributed by atoms with Crippen molar-refractivity contribution in [3.05, 3.63) is 64.6 Å². The first-order valence-electron chi connectivity index (χ1n) is 13.1. The number of halogens is 1. The Kier molecular flexibility index (Phi) is 7.30. The minimum absolute atomic E-state index is 0.0805. The zero-order valence-corrected chi connectivity index (χ0v) is 21.6. The number of aromatic nitrogens is 1. The molecule has 0 radical (unpaired) electrons. The molecule has 2 heterocycles. The number of benzene rings is 2. The van der Waals surface area contributed by atoms with Crippen molar-refractivity contribution < 1.29 is 13.9 Å². The maximum Gasteiger partial charge on any atom is 0.254 e. The van der Waals surface area contributed by atoms with Crippen molar-refractivity contribution >= 4 is 22.5 Å². The van der Waals surface area contributed by atoms with Gasteiger partial charge in [-0.1, -0.05) is 6.07 Å². The molecule has 2 fully saturated rings. The number of anilines is 1. The van der Waals surface area contributed by atoms with Crippen LogP contribution in [0.25, 0.3) is 10.9 Å². The standard InChI is InChI=1S/C29H37FN4O2/c1-20-14-26(30)7-6-23(20)18-31-27-17-25(29(35)33-10-8-32(9-11-33)12-13-36-3)16-24-15-21(2)34(28(24)27)19-22-4-5-22/h6-7,14-17,22,31H,4-5,8-13,18-19H2,1-3H3. The molecular weight excluding hydrogens is 455 g/mol. The van der Waals surface area contributed by atoms with Crippen LogP contribution in [0.5, 0.6) is 0 Å². The second kappa shape index (κ2) is 10.6. The molecule has 0 spiro atoms. The highest BCUT2D eigenvalue weighted by molar-refractivity contribution is 6.03. The Balaban J connectivity index is 1.42. The summed E-state index contributed by atoms with van der Waals surface area (Å²) in [4.78, 5) is 17.9. The van der Waals surface area contributed by atoms with Gasteiger partial charge in [-0.25, -0.2) is 4.39 Å². The van der Waals surface area contributed by atoms with Gasteiger partial charge in [0.2, 0.25) is 0 Å². The minimum atomic E-state index is -0.220. The summed E-state index contributed by atoms with van der Waals surface area (Å²) in [6, 6.07) is 11.2. The van der Waals surface area contributed by atoms with Crippen LogP contribution in [0.2, 0.25) is 0 Å². The minimum Gasteiger partial charge on any atom is -0.383 e. The zero-order chi connectivity index (χ0) is 25.2. The van der Waals surface area contributed by atoms with Gasteiger partial charge >= 0.3 is 0 Å². The van der Waals surface area contributed by atoms with Crippen molar-refractivity contribution in [2.24, 2.45) is 5.92 Å². The molecule has 1 amide bonds. The Morgan fingerprint density at radius 2 is 1.86 bits per heavy atom. The van der Waals surface area contributed by atoms with Crippen molar-refractivity contribution in [2.75, 3.05) is 51.8 Å². The lowest BCUT2D eigenvalue weighted by Gasteiger charge is -2.34. The smallest absolute Gasteiger partial charge is 0.254 e. The van der Waals surface area contributed by atoms with Crippen LogP contribution in [0.1, 0.15) is 40.0 Å². The van der Waals surface area contributed by atoms with Crippen LogP contribution in [0.4, 0.5) is 10.1 Å². The van der Waals surface area contributed by atoms with E-state index >= 15 is 0 Å². The number of carbonyl (C=O) groups excluding carboxylic acids is 1. The van der Waals surface area contributed by atoms with Gasteiger partial charge in [0.25, 0.3) is 5.91 Å². The van der Waals surface area contributed by atoms with Gasteiger partial charge in [0.05, 0.1) is 17.8 Å². The molecule has 7 heteroatoms. The summed E-state index contributed by atoms with van der Waals surface area (Å²) in [6.07, 6.45) is 2.56. The number of rotatable bonds is 9. The normalized spacial score (nSPS) is 16.6. The molecular formula is C29H37FN4O2. The van der Waals surface area contributed by atoms with E-state index in [-0.39, 0.29) is 11.7 Å². The molecule has 1 aliphatic heterocycles. The lowest BCUT2D eigenvalue weighted by molar-refractivity contribution is 0.0594. The third-order valence-electron chi connectivity index (χ3n) is 7.63. The predicted octanol–water partition coefficient (Wildman–Crippen LogP) is 4.82. The molecule has 1 aliphatic carbocycles. The van der Waals surface area contributed by atoms with Crippen molar-refractivity contribution in [1.82, 2.24) is 14.4 Å². The van der Waals surface area contributed by atoms with E-state index in [0.717, 1.165) is 78.5 Å². The number of nitrogens with zero attached hydrogens (tertiary/aromatic N) is 3. The van der Waals surface area contributed by atoms with Crippen LogP contribution in [0, 0.1) is 25.6 Å². The summed E-state index contributed by atoms with van der Waals surface area (Å²) in [7, 11) is 1.72. The van der Waals surface area contributed by atoms with E-state index in [4.69, 9.17) is 4.74 Å². The van der Waals surface area contributed by atoms with Gasteiger partial charge in [0.1, 0.15) is 5.82 Å². The molecule has 6 nitrogen and oxygen atoms in total. The third-order valence-corrected chi connectivity index (χ3v) is 7.63. The number of ether oxygens (including phenoxy) is 1. The second-order valence-corrected chi connectivity index (χ2v) is 10.4. The summed E-state index contributed by atoms with van der Waals surface area (Å²) in [6.45, 7) is 10.4. The fourth-order valence-corrected chi connectivity index (χ4v) is 5.23. The van der Waals surface area contributed by atoms with Gasteiger partial charge in [-0.05, 0) is 74.1 Å². The van der Waals surface area contributed by atoms with Crippen LogP contribution in [0.3, 0.4) is 0 Å². The highest BCUT2D eigenvalue weighted by Gasteiger charge is 2.26. The summed E-state index contributed by atoms with van der Waals surface area (Å²) in [5.74, 6) is 0.599. The lowest BCUT2D eigenvalue weighted by Crippen LogP contribution is -2.49. The van der Waals surface area contributed by atoms with Crippen LogP contribution in [-0.4, -0.2) is 66.7 Å². The summed E-state index contributed by atoms with van der Waals surface area (Å²) in [5.41, 5.74) is 6.02. The average molecular weight is 493 g/mol. The van der Waals surface area contributed by atoms with E-state index < -0.39 is 0 Å². The van der Waals surface area contributed by atoms with Crippen LogP contribution >= 0.6 is 0 Å². The van der Waals surface area contributed by atoms with E-state index in [1.165, 1.54) is 24.6 Å². The number of aryl methyl sites for hydroxylation is 2. The van der Waals surface area contributed by atoms with Gasteiger partial charge < -0.3 is 19.5 Å². The molecule has 0 atom stereocenters. The number of amides is 1. The molecule has 0 unspecified atom stereocenters. The van der Waals surface area contributed by atoms with Crippen molar-refractivity contribution in [1.29, 1.82) is 0 Å². The monoisotopic (exact) mass is 492 g/mol. The second-order valence-electron chi connectivity index (χ2n) is 10.4. The topological polar surface area (TPSA) is 49.7 Å². The molecule has 2 aliphatic rings. The number of fused-ring (bicyclic) bond motifs is 1. The Labute approximate surface area is 213 Å². The molecule has 36 heavy (non-hydrogen) atoms. The first kappa shape index (κ1) is 24.8. The summed E-state index contributed by atoms with van der Waals surface area (Å²) in [5, 5.41) is 4.70. The van der Waals surface area contributed by atoms with Gasteiger partial charge in [0, 0.05) is 69.6 Å². The van der Waals surface area contributed by atoms with Crippen LogP contribution in [-0.2, 0) is 17.8 Å². The molecule has 1 aromatic heterocycles. The Morgan fingerprint density at radius 3 is 2.56 bits per heavy atom. The highest BCUT2D eigenvalue weighted by atomic mass is 19.1. The maximum absolute atomic E-state index is 13.6. The molecule has 3 aromatic rings. The van der Waals surface area contributed by atoms with E-state index in [2.05, 4.69) is 33.8 Å². The zero-order valence-electron chi connectivity index (χ0n) is 21.6. The Hall–Kier alpha value is -2.90. The fourth-order valence-electron chi connectivity index (χ4n) is 5.23. The molecule has 5 rings (SSSR count). The van der Waals surface area contributed by atoms with E-state index in [0.29, 0.717) is 13.2 Å². The molecule has 0 bridgehead atoms. The molecule has 1 N–H and O–H groups in total. The highest BCUT2D eigenvalue weighted by Crippen LogP contribution is 2.36. The predicted molar refractivity (Wildman–Crippen MR) is 142 cm³/mol. The first-order valence-corrected chi connectivity index (χ1v) is 13.1. The summed E-state index contributed by atoms with van der Waals surface area (Å²) >= 11 is 0. The fraction of sp³-hybridized carbons (Fsp3) is 0.483. The number of carbonyl (C=O) groups is 1. The summed E-state index contributed by atoms with van der Waals surface area (Å²) < 4.78 is 21.2. The van der Waals surface area contributed by atoms with Gasteiger partial charge in [-0.3, -0.25) is 9.69 Å². The largest absolute Gasteiger partial charge is 0.383 e. The van der Waals surface area contributed by atoms with Gasteiger partial charge in [-0.15, -0.1) is 0 Å². The van der Waals surface area contributed by atoms with Crippen molar-refractivity contribution in [3.63, 3.8) is 0 Å². The molecule has 1 saturated carbocycles. The Morgan fingerprint density at radius 1 is 1.08 bits per heavy atom. The van der Waals surface area contributed by atoms with Gasteiger partial charge in [0.15, 0.2) is 0 Å². The van der Waals surface area contributed by atoms with Crippen molar-refractivity contribution in [3.8, 4) is 0 Å². The number of hydrogen-bond acceptors (Lipinski definition) is 4. The third kappa shape index (κ3) is 5.42. The van der Waals surface area contributed by atoms with E-state index in [1.807, 2.05) is 24.0 Å². The quantitative estimate of drug-likeness (QED) is 0.465. The van der Waals surface area contributed by atoms with Crippen LogP contribution in [0.15, 0.2) is 36.4 Å². The molecule has 192 valence electrons. The lowest BCUT2D eigenvalue weighted by atomic mass is 10.1. The van der Waals surface area contributed by atoms with E-state index in [9.17, 15) is 9.18 Å². The molecule has 2 aromatic carbocycles. The number of hydrogen-bond donors (Lipinski definition) is 1.